The summed E-state index contributed by atoms with van der Waals surface area (Å²) >= 11 is 0. The van der Waals surface area contributed by atoms with Crippen molar-refractivity contribution in [2.24, 2.45) is 28.3 Å². The molecule has 0 unspecified atom stereocenters. The van der Waals surface area contributed by atoms with Gasteiger partial charge in [0.2, 0.25) is 5.91 Å². The molecule has 0 radical (unpaired) electrons. The molecule has 1 N–H and O–H groups in total. The number of nitrogens with zero attached hydrogens (tertiary/aromatic N) is 1. The third-order valence-electron chi connectivity index (χ3n) is 6.84. The Balaban J connectivity index is 1.34. The molecule has 1 aromatic rings. The number of carbonyl (C=O) groups is 2. The van der Waals surface area contributed by atoms with E-state index in [0.717, 1.165) is 28.9 Å². The van der Waals surface area contributed by atoms with Crippen LogP contribution in [-0.4, -0.2) is 25.2 Å². The largest absolute Gasteiger partial charge is 0.496 e. The van der Waals surface area contributed by atoms with Crippen molar-refractivity contribution in [3.05, 3.63) is 29.3 Å². The number of methoxy groups -OCH3 is 1. The molecule has 29 heavy (non-hydrogen) atoms. The second kappa shape index (κ2) is 8.17. The van der Waals surface area contributed by atoms with E-state index in [1.54, 1.807) is 19.4 Å². The van der Waals surface area contributed by atoms with E-state index in [-0.39, 0.29) is 23.9 Å². The van der Waals surface area contributed by atoms with Crippen LogP contribution in [-0.2, 0) is 20.9 Å². The van der Waals surface area contributed by atoms with Gasteiger partial charge < -0.3 is 9.47 Å². The van der Waals surface area contributed by atoms with E-state index < -0.39 is 0 Å². The fourth-order valence-electron chi connectivity index (χ4n) is 6.24. The van der Waals surface area contributed by atoms with Crippen molar-refractivity contribution in [1.82, 2.24) is 5.43 Å². The second-order valence-electron chi connectivity index (χ2n) is 9.24. The number of amides is 1. The van der Waals surface area contributed by atoms with Crippen LogP contribution in [0, 0.1) is 23.2 Å². The number of hydrogen-bond donors (Lipinski definition) is 1. The van der Waals surface area contributed by atoms with Crippen molar-refractivity contribution in [2.45, 2.75) is 58.5 Å². The number of hydrazone groups is 1. The molecule has 1 amide bonds. The maximum absolute atomic E-state index is 12.6. The molecule has 4 aliphatic rings. The molecular formula is C23H30N2O4. The van der Waals surface area contributed by atoms with E-state index in [0.29, 0.717) is 12.2 Å². The molecule has 0 atom stereocenters. The normalized spacial score (nSPS) is 29.8. The van der Waals surface area contributed by atoms with Crippen molar-refractivity contribution >= 4 is 18.1 Å². The number of benzene rings is 1. The van der Waals surface area contributed by atoms with Crippen LogP contribution >= 0.6 is 0 Å². The minimum Gasteiger partial charge on any atom is -0.496 e. The number of esters is 1. The lowest BCUT2D eigenvalue weighted by Gasteiger charge is -2.56. The average molecular weight is 399 g/mol. The summed E-state index contributed by atoms with van der Waals surface area (Å²) in [7, 11) is 1.57. The highest BCUT2D eigenvalue weighted by Gasteiger charge is 2.51. The van der Waals surface area contributed by atoms with Crippen molar-refractivity contribution in [3.8, 4) is 5.75 Å². The molecule has 0 heterocycles. The van der Waals surface area contributed by atoms with E-state index in [1.807, 2.05) is 12.1 Å². The predicted molar refractivity (Wildman–Crippen MR) is 109 cm³/mol. The van der Waals surface area contributed by atoms with Crippen LogP contribution in [0.15, 0.2) is 23.3 Å². The first-order chi connectivity index (χ1) is 13.9. The highest BCUT2D eigenvalue weighted by Crippen LogP contribution is 2.61. The molecule has 0 aliphatic heterocycles. The van der Waals surface area contributed by atoms with Crippen molar-refractivity contribution in [3.63, 3.8) is 0 Å². The minimum absolute atomic E-state index is 0.0110. The summed E-state index contributed by atoms with van der Waals surface area (Å²) in [4.78, 5) is 23.6. The molecular weight excluding hydrogens is 368 g/mol. The lowest BCUT2D eigenvalue weighted by Crippen LogP contribution is -2.47. The maximum Gasteiger partial charge on any atom is 0.302 e. The molecule has 4 bridgehead atoms. The van der Waals surface area contributed by atoms with Gasteiger partial charge in [-0.2, -0.15) is 5.10 Å². The maximum atomic E-state index is 12.6. The highest BCUT2D eigenvalue weighted by atomic mass is 16.5. The zero-order valence-corrected chi connectivity index (χ0v) is 17.3. The van der Waals surface area contributed by atoms with Crippen molar-refractivity contribution in [1.29, 1.82) is 0 Å². The number of nitrogens with one attached hydrogen (secondary N) is 1. The minimum atomic E-state index is -0.344. The third-order valence-corrected chi connectivity index (χ3v) is 6.84. The van der Waals surface area contributed by atoms with Gasteiger partial charge in [0.25, 0.3) is 0 Å². The molecule has 0 aromatic heterocycles. The quantitative estimate of drug-likeness (QED) is 0.430. The molecule has 0 saturated heterocycles. The van der Waals surface area contributed by atoms with Crippen molar-refractivity contribution in [2.75, 3.05) is 7.11 Å². The predicted octanol–water partition coefficient (Wildman–Crippen LogP) is 3.81. The summed E-state index contributed by atoms with van der Waals surface area (Å²) in [5.74, 6) is 2.83. The van der Waals surface area contributed by atoms with Crippen LogP contribution in [0.25, 0.3) is 0 Å². The van der Waals surface area contributed by atoms with Crippen LogP contribution in [0.5, 0.6) is 5.75 Å². The van der Waals surface area contributed by atoms with Crippen molar-refractivity contribution < 1.29 is 19.1 Å². The van der Waals surface area contributed by atoms with Gasteiger partial charge in [0, 0.05) is 18.9 Å². The van der Waals surface area contributed by atoms with Crippen LogP contribution in [0.3, 0.4) is 0 Å². The Morgan fingerprint density at radius 1 is 1.17 bits per heavy atom. The van der Waals surface area contributed by atoms with Crippen LogP contribution < -0.4 is 10.2 Å². The van der Waals surface area contributed by atoms with Gasteiger partial charge in [-0.15, -0.1) is 0 Å². The number of ether oxygens (including phenoxy) is 2. The van der Waals surface area contributed by atoms with E-state index in [9.17, 15) is 9.59 Å². The van der Waals surface area contributed by atoms with Gasteiger partial charge in [0.05, 0.1) is 13.3 Å². The zero-order valence-electron chi connectivity index (χ0n) is 17.3. The van der Waals surface area contributed by atoms with Crippen LogP contribution in [0.2, 0.25) is 0 Å². The summed E-state index contributed by atoms with van der Waals surface area (Å²) in [6.07, 6.45) is 10.0. The van der Waals surface area contributed by atoms with Gasteiger partial charge in [-0.3, -0.25) is 9.59 Å². The molecule has 1 aromatic carbocycles. The molecule has 5 rings (SSSR count). The Kier molecular flexibility index (Phi) is 5.61. The number of hydrogen-bond acceptors (Lipinski definition) is 5. The number of carbonyl (C=O) groups excluding carboxylic acids is 2. The molecule has 4 saturated carbocycles. The smallest absolute Gasteiger partial charge is 0.302 e. The van der Waals surface area contributed by atoms with Crippen LogP contribution in [0.1, 0.15) is 63.0 Å². The Bertz CT molecular complexity index is 782. The van der Waals surface area contributed by atoms with Gasteiger partial charge in [-0.05, 0) is 85.5 Å². The first-order valence-electron chi connectivity index (χ1n) is 10.6. The van der Waals surface area contributed by atoms with Gasteiger partial charge >= 0.3 is 5.97 Å². The molecule has 4 fully saturated rings. The highest BCUT2D eigenvalue weighted by molar-refractivity contribution is 5.83. The van der Waals surface area contributed by atoms with E-state index >= 15 is 0 Å². The Morgan fingerprint density at radius 3 is 2.41 bits per heavy atom. The Labute approximate surface area is 172 Å². The Morgan fingerprint density at radius 2 is 1.83 bits per heavy atom. The fraction of sp³-hybridized carbons (Fsp3) is 0.609. The van der Waals surface area contributed by atoms with Gasteiger partial charge in [-0.1, -0.05) is 0 Å². The van der Waals surface area contributed by atoms with Gasteiger partial charge in [-0.25, -0.2) is 5.43 Å². The lowest BCUT2D eigenvalue weighted by molar-refractivity contribution is -0.142. The Hall–Kier alpha value is -2.37. The average Bonchev–Trinajstić information content (AvgIpc) is 2.65. The van der Waals surface area contributed by atoms with E-state index in [4.69, 9.17) is 9.47 Å². The molecule has 0 spiro atoms. The summed E-state index contributed by atoms with van der Waals surface area (Å²) in [5, 5.41) is 4.16. The molecule has 6 nitrogen and oxygen atoms in total. The summed E-state index contributed by atoms with van der Waals surface area (Å²) < 4.78 is 10.4. The number of rotatable bonds is 7. The molecule has 156 valence electrons. The van der Waals surface area contributed by atoms with Crippen LogP contribution in [0.4, 0.5) is 0 Å². The zero-order chi connectivity index (χ0) is 20.4. The molecule has 4 aliphatic carbocycles. The SMILES string of the molecule is COc1ccc(/C=N\NC(=O)CC23CC4CC(CC(C4)C2)C3)cc1COC(C)=O. The molecule has 6 heteroatoms. The standard InChI is InChI=1S/C23H30N2O4/c1-15(26)29-14-20-8-16(3-4-21(20)28-2)13-24-25-22(27)12-23-9-17-5-18(10-23)7-19(6-17)11-23/h3-4,8,13,17-19H,5-7,9-12,14H2,1-2H3,(H,25,27)/b24-13-. The first kappa shape index (κ1) is 19.9. The van der Waals surface area contributed by atoms with Gasteiger partial charge in [0.15, 0.2) is 0 Å². The van der Waals surface area contributed by atoms with E-state index in [2.05, 4.69) is 10.5 Å². The fourth-order valence-corrected chi connectivity index (χ4v) is 6.24. The monoisotopic (exact) mass is 398 g/mol. The summed E-state index contributed by atoms with van der Waals surface area (Å²) in [5.41, 5.74) is 4.50. The van der Waals surface area contributed by atoms with Gasteiger partial charge in [0.1, 0.15) is 12.4 Å². The third kappa shape index (κ3) is 4.62. The first-order valence-corrected chi connectivity index (χ1v) is 10.6. The summed E-state index contributed by atoms with van der Waals surface area (Å²) in [6, 6.07) is 5.50. The topological polar surface area (TPSA) is 77.0 Å². The van der Waals surface area contributed by atoms with E-state index in [1.165, 1.54) is 45.4 Å². The second-order valence-corrected chi connectivity index (χ2v) is 9.24. The lowest BCUT2D eigenvalue weighted by atomic mass is 9.49. The summed E-state index contributed by atoms with van der Waals surface area (Å²) in [6.45, 7) is 1.51.